The summed E-state index contributed by atoms with van der Waals surface area (Å²) in [5.41, 5.74) is 1.17. The maximum absolute atomic E-state index is 14.3. The molecule has 2 N–H and O–H groups in total. The molecule has 2 saturated heterocycles. The molecule has 2 amide bonds. The Morgan fingerprint density at radius 1 is 1.12 bits per heavy atom. The highest BCUT2D eigenvalue weighted by Crippen LogP contribution is 2.38. The molecule has 1 atom stereocenters. The summed E-state index contributed by atoms with van der Waals surface area (Å²) in [5, 5.41) is 9.39. The van der Waals surface area contributed by atoms with Crippen molar-refractivity contribution in [3.05, 3.63) is 35.2 Å². The van der Waals surface area contributed by atoms with Gasteiger partial charge in [-0.25, -0.2) is 27.8 Å². The van der Waals surface area contributed by atoms with Gasteiger partial charge in [0.2, 0.25) is 0 Å². The largest absolute Gasteiger partial charge is 0.417 e. The number of carbonyl (C=O) groups excluding carboxylic acids is 1. The van der Waals surface area contributed by atoms with Crippen molar-refractivity contribution in [2.45, 2.75) is 26.6 Å². The molecule has 0 bridgehead atoms. The molecule has 1 unspecified atom stereocenters. The number of halogens is 3. The van der Waals surface area contributed by atoms with Crippen molar-refractivity contribution in [2.24, 2.45) is 0 Å². The number of alkyl halides is 3. The Morgan fingerprint density at radius 2 is 1.83 bits per heavy atom. The monoisotopic (exact) mass is 609 g/mol. The number of nitrogens with one attached hydrogen (secondary N) is 2. The van der Waals surface area contributed by atoms with E-state index in [1.165, 1.54) is 0 Å². The first-order valence-corrected chi connectivity index (χ1v) is 15.2. The molecule has 0 aromatic carbocycles. The molecule has 16 heteroatoms. The lowest BCUT2D eigenvalue weighted by Gasteiger charge is -2.32. The summed E-state index contributed by atoms with van der Waals surface area (Å²) < 4.78 is 63.9. The van der Waals surface area contributed by atoms with E-state index in [1.807, 2.05) is 22.2 Å². The predicted molar refractivity (Wildman–Crippen MR) is 153 cm³/mol. The summed E-state index contributed by atoms with van der Waals surface area (Å²) in [5.74, 6) is 0.150. The van der Waals surface area contributed by atoms with Crippen LogP contribution >= 0.6 is 0 Å². The second-order valence-corrected chi connectivity index (χ2v) is 11.5. The minimum absolute atomic E-state index is 0.127. The SMILES string of the molecule is CCNC(=O)Nc1cc(C(F)(F)F)c(-c2nc(N3CCOCC3)c3cc(CN4CCN(S(C)=O)CC4)c(C)n3n2)cn1. The van der Waals surface area contributed by atoms with Gasteiger partial charge in [-0.05, 0) is 31.5 Å². The van der Waals surface area contributed by atoms with Gasteiger partial charge in [-0.2, -0.15) is 13.2 Å². The van der Waals surface area contributed by atoms with Gasteiger partial charge in [0.1, 0.15) is 11.3 Å². The first-order chi connectivity index (χ1) is 20.0. The number of pyridine rings is 1. The first-order valence-electron chi connectivity index (χ1n) is 13.7. The highest BCUT2D eigenvalue weighted by Gasteiger charge is 2.36. The minimum atomic E-state index is -4.76. The van der Waals surface area contributed by atoms with E-state index in [1.54, 1.807) is 17.7 Å². The van der Waals surface area contributed by atoms with Gasteiger partial charge >= 0.3 is 12.2 Å². The van der Waals surface area contributed by atoms with E-state index in [9.17, 15) is 22.2 Å². The summed E-state index contributed by atoms with van der Waals surface area (Å²) in [6, 6.07) is 2.14. The third kappa shape index (κ3) is 6.50. The van der Waals surface area contributed by atoms with Crippen LogP contribution in [0.1, 0.15) is 23.7 Å². The van der Waals surface area contributed by atoms with E-state index in [2.05, 4.69) is 30.6 Å². The van der Waals surface area contributed by atoms with Crippen LogP contribution in [0, 0.1) is 6.92 Å². The van der Waals surface area contributed by atoms with Crippen molar-refractivity contribution in [1.82, 2.24) is 34.1 Å². The molecule has 12 nitrogen and oxygen atoms in total. The van der Waals surface area contributed by atoms with Gasteiger partial charge in [0.05, 0.1) is 35.3 Å². The maximum Gasteiger partial charge on any atom is 0.417 e. The van der Waals surface area contributed by atoms with Crippen molar-refractivity contribution >= 4 is 34.2 Å². The number of ether oxygens (including phenoxy) is 1. The summed E-state index contributed by atoms with van der Waals surface area (Å²) in [6.07, 6.45) is -2.03. The first kappa shape index (κ1) is 30.1. The van der Waals surface area contributed by atoms with Crippen LogP contribution in [0.5, 0.6) is 0 Å². The molecule has 3 aromatic rings. The van der Waals surface area contributed by atoms with Crippen molar-refractivity contribution in [1.29, 1.82) is 0 Å². The number of aromatic nitrogens is 4. The average molecular weight is 610 g/mol. The van der Waals surface area contributed by atoms with Gasteiger partial charge in [-0.15, -0.1) is 5.10 Å². The van der Waals surface area contributed by atoms with Gasteiger partial charge in [0.25, 0.3) is 0 Å². The Hall–Kier alpha value is -3.34. The van der Waals surface area contributed by atoms with Crippen LogP contribution in [0.3, 0.4) is 0 Å². The topological polar surface area (TPSA) is 120 Å². The van der Waals surface area contributed by atoms with Crippen LogP contribution in [0.25, 0.3) is 16.9 Å². The van der Waals surface area contributed by atoms with E-state index >= 15 is 0 Å². The molecule has 5 rings (SSSR count). The molecule has 228 valence electrons. The Morgan fingerprint density at radius 3 is 2.48 bits per heavy atom. The molecule has 0 saturated carbocycles. The van der Waals surface area contributed by atoms with Gasteiger partial charge in [-0.3, -0.25) is 10.2 Å². The van der Waals surface area contributed by atoms with Gasteiger partial charge in [-0.1, -0.05) is 0 Å². The highest BCUT2D eigenvalue weighted by atomic mass is 32.2. The summed E-state index contributed by atoms with van der Waals surface area (Å²) in [7, 11) is -1.01. The fourth-order valence-electron chi connectivity index (χ4n) is 5.14. The Bertz CT molecular complexity index is 1470. The molecule has 42 heavy (non-hydrogen) atoms. The number of carbonyl (C=O) groups is 1. The van der Waals surface area contributed by atoms with Crippen molar-refractivity contribution in [3.63, 3.8) is 0 Å². The highest BCUT2D eigenvalue weighted by molar-refractivity contribution is 7.81. The fraction of sp³-hybridized carbons (Fsp3) is 0.538. The molecule has 0 radical (unpaired) electrons. The number of fused-ring (bicyclic) bond motifs is 1. The average Bonchev–Trinajstić information content (AvgIpc) is 3.27. The van der Waals surface area contributed by atoms with Crippen LogP contribution in [0.15, 0.2) is 18.3 Å². The molecule has 2 fully saturated rings. The molecule has 0 spiro atoms. The number of urea groups is 1. The quantitative estimate of drug-likeness (QED) is 0.420. The smallest absolute Gasteiger partial charge is 0.378 e. The second kappa shape index (κ2) is 12.5. The minimum Gasteiger partial charge on any atom is -0.378 e. The van der Waals surface area contributed by atoms with E-state index in [-0.39, 0.29) is 17.2 Å². The molecule has 5 heterocycles. The second-order valence-electron chi connectivity index (χ2n) is 10.1. The van der Waals surface area contributed by atoms with Crippen LogP contribution in [0.4, 0.5) is 29.6 Å². The van der Waals surface area contributed by atoms with E-state index in [0.29, 0.717) is 63.8 Å². The number of hydrogen-bond donors (Lipinski definition) is 2. The number of anilines is 2. The number of amides is 2. The molecule has 0 aliphatic carbocycles. The van der Waals surface area contributed by atoms with E-state index in [0.717, 1.165) is 36.6 Å². The van der Waals surface area contributed by atoms with Crippen LogP contribution in [0.2, 0.25) is 0 Å². The fourth-order valence-corrected chi connectivity index (χ4v) is 5.81. The van der Waals surface area contributed by atoms with Crippen LogP contribution < -0.4 is 15.5 Å². The standard InChI is InChI=1S/C26H34F3N9O3S/c1-4-30-25(39)32-22-14-20(26(27,28)29)19(15-31-22)23-33-24(36-9-11-41-12-10-36)21-13-18(17(2)38(21)34-23)16-35-5-7-37(8-6-35)42(3)40/h13-15H,4-12,16H2,1-3H3,(H2,30,31,32,39). The molecular formula is C26H34F3N9O3S. The summed E-state index contributed by atoms with van der Waals surface area (Å²) in [6.45, 7) is 9.38. The number of rotatable bonds is 7. The Labute approximate surface area is 243 Å². The molecule has 2 aliphatic heterocycles. The van der Waals surface area contributed by atoms with Crippen molar-refractivity contribution < 1.29 is 26.9 Å². The lowest BCUT2D eigenvalue weighted by Crippen LogP contribution is -2.46. The lowest BCUT2D eigenvalue weighted by atomic mass is 10.1. The summed E-state index contributed by atoms with van der Waals surface area (Å²) >= 11 is 0. The van der Waals surface area contributed by atoms with Crippen LogP contribution in [-0.2, 0) is 28.4 Å². The number of aryl methyl sites for hydroxylation is 1. The maximum atomic E-state index is 14.3. The zero-order valence-electron chi connectivity index (χ0n) is 23.7. The van der Waals surface area contributed by atoms with Gasteiger partial charge in [0.15, 0.2) is 11.6 Å². The van der Waals surface area contributed by atoms with E-state index < -0.39 is 28.8 Å². The number of piperazine rings is 1. The van der Waals surface area contributed by atoms with Crippen LogP contribution in [-0.4, -0.2) is 104 Å². The summed E-state index contributed by atoms with van der Waals surface area (Å²) in [4.78, 5) is 24.9. The van der Waals surface area contributed by atoms with Gasteiger partial charge in [0, 0.05) is 70.5 Å². The van der Waals surface area contributed by atoms with Gasteiger partial charge < -0.3 is 15.0 Å². The Balaban J connectivity index is 1.56. The lowest BCUT2D eigenvalue weighted by molar-refractivity contribution is -0.137. The van der Waals surface area contributed by atoms with Crippen molar-refractivity contribution in [2.75, 3.05) is 75.5 Å². The third-order valence-electron chi connectivity index (χ3n) is 7.39. The zero-order valence-corrected chi connectivity index (χ0v) is 24.5. The molecule has 3 aromatic heterocycles. The Kier molecular flexibility index (Phi) is 8.96. The third-order valence-corrected chi connectivity index (χ3v) is 8.48. The van der Waals surface area contributed by atoms with Crippen molar-refractivity contribution in [3.8, 4) is 11.4 Å². The molecular weight excluding hydrogens is 575 g/mol. The number of hydrogen-bond acceptors (Lipinski definition) is 8. The molecule has 2 aliphatic rings. The number of nitrogens with zero attached hydrogens (tertiary/aromatic N) is 7. The number of morpholine rings is 1. The normalized spacial score (nSPS) is 17.9. The zero-order chi connectivity index (χ0) is 30.0. The predicted octanol–water partition coefficient (Wildman–Crippen LogP) is 2.51. The van der Waals surface area contributed by atoms with E-state index in [4.69, 9.17) is 4.74 Å².